The van der Waals surface area contributed by atoms with Crippen molar-refractivity contribution in [1.82, 2.24) is 0 Å². The summed E-state index contributed by atoms with van der Waals surface area (Å²) in [4.78, 5) is 24.2. The van der Waals surface area contributed by atoms with Crippen molar-refractivity contribution in [3.05, 3.63) is 75.1 Å². The number of rotatable bonds is 4. The van der Waals surface area contributed by atoms with Gasteiger partial charge in [0.1, 0.15) is 12.2 Å². The van der Waals surface area contributed by atoms with Gasteiger partial charge >= 0.3 is 11.6 Å². The molecule has 3 aromatic rings. The molecule has 6 nitrogen and oxygen atoms in total. The van der Waals surface area contributed by atoms with Crippen LogP contribution in [0, 0.1) is 13.8 Å². The highest BCUT2D eigenvalue weighted by molar-refractivity contribution is 7.90. The van der Waals surface area contributed by atoms with E-state index in [1.165, 1.54) is 30.3 Å². The van der Waals surface area contributed by atoms with Gasteiger partial charge in [-0.15, -0.1) is 0 Å². The van der Waals surface area contributed by atoms with E-state index in [1.807, 2.05) is 26.0 Å². The van der Waals surface area contributed by atoms with Crippen LogP contribution in [-0.2, 0) is 21.2 Å². The lowest BCUT2D eigenvalue weighted by Crippen LogP contribution is -2.09. The highest BCUT2D eigenvalue weighted by Crippen LogP contribution is 2.24. The van der Waals surface area contributed by atoms with Crippen molar-refractivity contribution in [3.8, 4) is 0 Å². The van der Waals surface area contributed by atoms with Crippen LogP contribution in [0.15, 0.2) is 56.6 Å². The van der Waals surface area contributed by atoms with E-state index >= 15 is 0 Å². The molecular weight excluding hydrogens is 368 g/mol. The number of benzene rings is 2. The lowest BCUT2D eigenvalue weighted by atomic mass is 10.0. The number of hydrogen-bond acceptors (Lipinski definition) is 6. The van der Waals surface area contributed by atoms with Crippen molar-refractivity contribution in [2.75, 3.05) is 6.26 Å². The Morgan fingerprint density at radius 3 is 2.37 bits per heavy atom. The maximum Gasteiger partial charge on any atom is 0.338 e. The van der Waals surface area contributed by atoms with Crippen LogP contribution in [0.3, 0.4) is 0 Å². The van der Waals surface area contributed by atoms with E-state index in [4.69, 9.17) is 9.15 Å². The van der Waals surface area contributed by atoms with E-state index < -0.39 is 21.4 Å². The smallest absolute Gasteiger partial charge is 0.338 e. The van der Waals surface area contributed by atoms with Gasteiger partial charge in [0.25, 0.3) is 0 Å². The molecule has 0 bridgehead atoms. The van der Waals surface area contributed by atoms with E-state index in [0.29, 0.717) is 16.5 Å². The Kier molecular flexibility index (Phi) is 4.89. The van der Waals surface area contributed by atoms with Gasteiger partial charge in [0.05, 0.1) is 10.5 Å². The summed E-state index contributed by atoms with van der Waals surface area (Å²) < 4.78 is 33.6. The average Bonchev–Trinajstić information content (AvgIpc) is 2.62. The van der Waals surface area contributed by atoms with Gasteiger partial charge in [-0.2, -0.15) is 0 Å². The van der Waals surface area contributed by atoms with E-state index in [2.05, 4.69) is 0 Å². The minimum Gasteiger partial charge on any atom is -0.457 e. The molecular formula is C20H18O6S. The average molecular weight is 386 g/mol. The van der Waals surface area contributed by atoms with Crippen LogP contribution in [0.4, 0.5) is 0 Å². The summed E-state index contributed by atoms with van der Waals surface area (Å²) in [6.45, 7) is 3.68. The molecule has 0 saturated heterocycles. The molecule has 0 N–H and O–H groups in total. The Balaban J connectivity index is 1.85. The van der Waals surface area contributed by atoms with Crippen molar-refractivity contribution < 1.29 is 22.4 Å². The summed E-state index contributed by atoms with van der Waals surface area (Å²) in [5.41, 5.74) is 2.58. The van der Waals surface area contributed by atoms with Crippen LogP contribution in [0.25, 0.3) is 11.0 Å². The first-order chi connectivity index (χ1) is 12.7. The fraction of sp³-hybridized carbons (Fsp3) is 0.200. The molecule has 2 aromatic carbocycles. The summed E-state index contributed by atoms with van der Waals surface area (Å²) in [6.07, 6.45) is 1.09. The number of fused-ring (bicyclic) bond motifs is 1. The largest absolute Gasteiger partial charge is 0.457 e. The van der Waals surface area contributed by atoms with E-state index in [0.717, 1.165) is 17.4 Å². The number of aryl methyl sites for hydroxylation is 2. The van der Waals surface area contributed by atoms with Gasteiger partial charge in [-0.1, -0.05) is 12.1 Å². The molecule has 0 aliphatic carbocycles. The van der Waals surface area contributed by atoms with E-state index in [-0.39, 0.29) is 17.1 Å². The lowest BCUT2D eigenvalue weighted by Gasteiger charge is -2.10. The monoisotopic (exact) mass is 386 g/mol. The number of esters is 1. The van der Waals surface area contributed by atoms with Crippen LogP contribution in [0.1, 0.15) is 27.0 Å². The molecule has 0 spiro atoms. The standard InChI is InChI=1S/C20H18O6S/c1-12-4-9-17-15(10-18(21)26-19(17)13(12)2)11-25-20(22)14-5-7-16(8-6-14)27(3,23)24/h4-10H,11H2,1-3H3. The molecule has 27 heavy (non-hydrogen) atoms. The zero-order chi connectivity index (χ0) is 19.8. The van der Waals surface area contributed by atoms with Crippen molar-refractivity contribution in [2.24, 2.45) is 0 Å². The van der Waals surface area contributed by atoms with Gasteiger partial charge in [-0.05, 0) is 49.2 Å². The molecule has 0 radical (unpaired) electrons. The Morgan fingerprint density at radius 1 is 1.07 bits per heavy atom. The summed E-state index contributed by atoms with van der Waals surface area (Å²) in [5.74, 6) is -0.611. The predicted molar refractivity (Wildman–Crippen MR) is 101 cm³/mol. The first-order valence-electron chi connectivity index (χ1n) is 8.17. The van der Waals surface area contributed by atoms with Crippen molar-refractivity contribution in [3.63, 3.8) is 0 Å². The van der Waals surface area contributed by atoms with Gasteiger partial charge in [-0.25, -0.2) is 18.0 Å². The highest BCUT2D eigenvalue weighted by Gasteiger charge is 2.14. The second-order valence-electron chi connectivity index (χ2n) is 6.35. The van der Waals surface area contributed by atoms with Gasteiger partial charge in [0.2, 0.25) is 0 Å². The van der Waals surface area contributed by atoms with Gasteiger partial charge in [-0.3, -0.25) is 0 Å². The Hall–Kier alpha value is -2.93. The summed E-state index contributed by atoms with van der Waals surface area (Å²) in [5, 5.41) is 0.706. The first-order valence-corrected chi connectivity index (χ1v) is 10.1. The maximum atomic E-state index is 12.2. The van der Waals surface area contributed by atoms with Crippen LogP contribution >= 0.6 is 0 Å². The second kappa shape index (κ2) is 7.00. The summed E-state index contributed by atoms with van der Waals surface area (Å²) >= 11 is 0. The molecule has 0 fully saturated rings. The van der Waals surface area contributed by atoms with Crippen molar-refractivity contribution in [2.45, 2.75) is 25.3 Å². The lowest BCUT2D eigenvalue weighted by molar-refractivity contribution is 0.0473. The second-order valence-corrected chi connectivity index (χ2v) is 8.36. The summed E-state index contributed by atoms with van der Waals surface area (Å²) in [6, 6.07) is 10.5. The maximum absolute atomic E-state index is 12.2. The Bertz CT molecular complexity index is 1190. The highest BCUT2D eigenvalue weighted by atomic mass is 32.2. The third-order valence-electron chi connectivity index (χ3n) is 4.39. The number of carbonyl (C=O) groups is 1. The number of carbonyl (C=O) groups excluding carboxylic acids is 1. The zero-order valence-corrected chi connectivity index (χ0v) is 15.9. The van der Waals surface area contributed by atoms with E-state index in [1.54, 1.807) is 0 Å². The van der Waals surface area contributed by atoms with Gasteiger partial charge in [0.15, 0.2) is 9.84 Å². The molecule has 0 aliphatic heterocycles. The minimum absolute atomic E-state index is 0.0999. The van der Waals surface area contributed by atoms with Crippen LogP contribution < -0.4 is 5.63 Å². The molecule has 0 amide bonds. The molecule has 1 heterocycles. The van der Waals surface area contributed by atoms with Gasteiger partial charge in [0, 0.05) is 23.3 Å². The molecule has 140 valence electrons. The van der Waals surface area contributed by atoms with Gasteiger partial charge < -0.3 is 9.15 Å². The summed E-state index contributed by atoms with van der Waals surface area (Å²) in [7, 11) is -3.33. The third-order valence-corrected chi connectivity index (χ3v) is 5.52. The number of ether oxygens (including phenoxy) is 1. The molecule has 3 rings (SSSR count). The molecule has 1 aromatic heterocycles. The first kappa shape index (κ1) is 18.8. The quantitative estimate of drug-likeness (QED) is 0.505. The molecule has 0 saturated carbocycles. The van der Waals surface area contributed by atoms with Crippen LogP contribution in [0.5, 0.6) is 0 Å². The molecule has 0 aliphatic rings. The van der Waals surface area contributed by atoms with Crippen LogP contribution in [0.2, 0.25) is 0 Å². The minimum atomic E-state index is -3.33. The van der Waals surface area contributed by atoms with Crippen molar-refractivity contribution in [1.29, 1.82) is 0 Å². The van der Waals surface area contributed by atoms with E-state index in [9.17, 15) is 18.0 Å². The predicted octanol–water partition coefficient (Wildman–Crippen LogP) is 3.17. The third kappa shape index (κ3) is 3.93. The Labute approximate surface area is 156 Å². The SMILES string of the molecule is Cc1ccc2c(COC(=O)c3ccc(S(C)(=O)=O)cc3)cc(=O)oc2c1C. The molecule has 0 atom stereocenters. The topological polar surface area (TPSA) is 90.7 Å². The fourth-order valence-corrected chi connectivity index (χ4v) is 3.34. The Morgan fingerprint density at radius 2 is 1.74 bits per heavy atom. The molecule has 0 unspecified atom stereocenters. The van der Waals surface area contributed by atoms with Crippen LogP contribution in [-0.4, -0.2) is 20.6 Å². The molecule has 7 heteroatoms. The van der Waals surface area contributed by atoms with Crippen molar-refractivity contribution >= 4 is 26.8 Å². The normalized spacial score (nSPS) is 11.5. The fourth-order valence-electron chi connectivity index (χ4n) is 2.71. The number of hydrogen-bond donors (Lipinski definition) is 0. The zero-order valence-electron chi connectivity index (χ0n) is 15.1. The number of sulfone groups is 1.